The summed E-state index contributed by atoms with van der Waals surface area (Å²) < 4.78 is 37.3. The van der Waals surface area contributed by atoms with Gasteiger partial charge in [-0.25, -0.2) is 8.42 Å². The minimum absolute atomic E-state index is 0.0771. The summed E-state index contributed by atoms with van der Waals surface area (Å²) >= 11 is 5.58. The fourth-order valence-electron chi connectivity index (χ4n) is 2.11. The molecule has 118 valence electrons. The van der Waals surface area contributed by atoms with Gasteiger partial charge in [-0.15, -0.1) is 11.6 Å². The maximum absolute atomic E-state index is 12.5. The lowest BCUT2D eigenvalue weighted by atomic mass is 10.3. The van der Waals surface area contributed by atoms with Crippen LogP contribution in [0.15, 0.2) is 29.2 Å². The number of alkyl halides is 1. The molecule has 0 amide bonds. The first-order chi connectivity index (χ1) is 10.0. The number of halogens is 1. The second kappa shape index (κ2) is 7.45. The van der Waals surface area contributed by atoms with E-state index in [1.165, 1.54) is 4.31 Å². The van der Waals surface area contributed by atoms with Crippen LogP contribution in [0.1, 0.15) is 13.3 Å². The molecular formula is C14H20ClNO4S. The highest BCUT2D eigenvalue weighted by Gasteiger charge is 2.28. The second-order valence-corrected chi connectivity index (χ2v) is 7.22. The zero-order valence-corrected chi connectivity index (χ0v) is 13.6. The Balaban J connectivity index is 2.06. The van der Waals surface area contributed by atoms with Gasteiger partial charge < -0.3 is 9.47 Å². The first-order valence-electron chi connectivity index (χ1n) is 6.94. The van der Waals surface area contributed by atoms with Gasteiger partial charge in [-0.1, -0.05) is 0 Å². The van der Waals surface area contributed by atoms with E-state index in [-0.39, 0.29) is 11.0 Å². The highest BCUT2D eigenvalue weighted by Crippen LogP contribution is 2.21. The van der Waals surface area contributed by atoms with Crippen LogP contribution in [0, 0.1) is 0 Å². The molecule has 0 N–H and O–H groups in total. The number of hydrogen-bond donors (Lipinski definition) is 0. The number of hydrogen-bond acceptors (Lipinski definition) is 4. The van der Waals surface area contributed by atoms with E-state index in [4.69, 9.17) is 21.1 Å². The zero-order chi connectivity index (χ0) is 15.3. The molecule has 0 bridgehead atoms. The van der Waals surface area contributed by atoms with Gasteiger partial charge in [-0.3, -0.25) is 0 Å². The number of sulfonamides is 1. The largest absolute Gasteiger partial charge is 0.494 e. The lowest BCUT2D eigenvalue weighted by Gasteiger charge is -2.30. The fourth-order valence-corrected chi connectivity index (χ4v) is 3.71. The van der Waals surface area contributed by atoms with Crippen LogP contribution in [-0.4, -0.2) is 51.0 Å². The van der Waals surface area contributed by atoms with Crippen LogP contribution in [0.4, 0.5) is 0 Å². The molecule has 1 unspecified atom stereocenters. The van der Waals surface area contributed by atoms with Crippen molar-refractivity contribution in [3.63, 3.8) is 0 Å². The van der Waals surface area contributed by atoms with Crippen molar-refractivity contribution in [3.8, 4) is 5.75 Å². The molecule has 0 saturated carbocycles. The summed E-state index contributed by atoms with van der Waals surface area (Å²) in [5.74, 6) is 1.19. The van der Waals surface area contributed by atoms with Gasteiger partial charge in [0, 0.05) is 19.0 Å². The molecule has 1 aliphatic rings. The highest BCUT2D eigenvalue weighted by atomic mass is 35.5. The van der Waals surface area contributed by atoms with Crippen LogP contribution < -0.4 is 4.74 Å². The molecule has 7 heteroatoms. The van der Waals surface area contributed by atoms with Crippen molar-refractivity contribution in [2.45, 2.75) is 24.3 Å². The molecule has 1 saturated heterocycles. The van der Waals surface area contributed by atoms with Gasteiger partial charge in [0.25, 0.3) is 0 Å². The van der Waals surface area contributed by atoms with E-state index in [1.807, 2.05) is 6.92 Å². The summed E-state index contributed by atoms with van der Waals surface area (Å²) in [6.07, 6.45) is 0.680. The first-order valence-corrected chi connectivity index (χ1v) is 8.92. The molecule has 1 heterocycles. The Morgan fingerprint density at radius 1 is 1.38 bits per heavy atom. The molecule has 0 aromatic heterocycles. The Kier molecular flexibility index (Phi) is 5.87. The van der Waals surface area contributed by atoms with E-state index in [1.54, 1.807) is 24.3 Å². The van der Waals surface area contributed by atoms with Crippen LogP contribution in [0.25, 0.3) is 0 Å². The predicted molar refractivity (Wildman–Crippen MR) is 81.4 cm³/mol. The molecule has 1 fully saturated rings. The van der Waals surface area contributed by atoms with E-state index in [9.17, 15) is 8.42 Å². The number of morpholine rings is 1. The van der Waals surface area contributed by atoms with Crippen molar-refractivity contribution in [2.75, 3.05) is 32.2 Å². The van der Waals surface area contributed by atoms with Gasteiger partial charge in [-0.2, -0.15) is 4.31 Å². The smallest absolute Gasteiger partial charge is 0.243 e. The van der Waals surface area contributed by atoms with Crippen molar-refractivity contribution < 1.29 is 17.9 Å². The Morgan fingerprint density at radius 3 is 2.71 bits per heavy atom. The molecule has 5 nitrogen and oxygen atoms in total. The molecule has 1 aliphatic heterocycles. The molecule has 2 rings (SSSR count). The Morgan fingerprint density at radius 2 is 2.10 bits per heavy atom. The standard InChI is InChI=1S/C14H20ClNO4S/c1-12-11-16(8-10-19-12)21(17,18)14-5-3-13(4-6-14)20-9-2-7-15/h3-6,12H,2,7-11H2,1H3. The Labute approximate surface area is 130 Å². The monoisotopic (exact) mass is 333 g/mol. The molecule has 1 aromatic carbocycles. The van der Waals surface area contributed by atoms with Crippen LogP contribution >= 0.6 is 11.6 Å². The van der Waals surface area contributed by atoms with Gasteiger partial charge in [0.15, 0.2) is 0 Å². The third kappa shape index (κ3) is 4.32. The van der Waals surface area contributed by atoms with Crippen LogP contribution in [0.2, 0.25) is 0 Å². The van der Waals surface area contributed by atoms with Crippen molar-refractivity contribution >= 4 is 21.6 Å². The summed E-state index contributed by atoms with van der Waals surface area (Å²) in [4.78, 5) is 0.279. The van der Waals surface area contributed by atoms with E-state index < -0.39 is 10.0 Å². The Hall–Kier alpha value is -0.820. The van der Waals surface area contributed by atoms with Crippen molar-refractivity contribution in [1.29, 1.82) is 0 Å². The second-order valence-electron chi connectivity index (χ2n) is 4.91. The average Bonchev–Trinajstić information content (AvgIpc) is 2.48. The SMILES string of the molecule is CC1CN(S(=O)(=O)c2ccc(OCCCCl)cc2)CCO1. The molecular weight excluding hydrogens is 314 g/mol. The van der Waals surface area contributed by atoms with Gasteiger partial charge in [0.2, 0.25) is 10.0 Å². The number of benzene rings is 1. The molecule has 21 heavy (non-hydrogen) atoms. The van der Waals surface area contributed by atoms with Crippen LogP contribution in [0.3, 0.4) is 0 Å². The van der Waals surface area contributed by atoms with Crippen molar-refractivity contribution in [3.05, 3.63) is 24.3 Å². The van der Waals surface area contributed by atoms with Crippen molar-refractivity contribution in [1.82, 2.24) is 4.31 Å². The fraction of sp³-hybridized carbons (Fsp3) is 0.571. The highest BCUT2D eigenvalue weighted by molar-refractivity contribution is 7.89. The summed E-state index contributed by atoms with van der Waals surface area (Å²) in [5, 5.41) is 0. The normalized spacial score (nSPS) is 20.4. The van der Waals surface area contributed by atoms with Crippen molar-refractivity contribution in [2.24, 2.45) is 0 Å². The van der Waals surface area contributed by atoms with Crippen LogP contribution in [0.5, 0.6) is 5.75 Å². The average molecular weight is 334 g/mol. The lowest BCUT2D eigenvalue weighted by Crippen LogP contribution is -2.44. The van der Waals surface area contributed by atoms with E-state index in [0.29, 0.717) is 37.9 Å². The van der Waals surface area contributed by atoms with E-state index >= 15 is 0 Å². The minimum Gasteiger partial charge on any atom is -0.494 e. The third-order valence-corrected chi connectivity index (χ3v) is 5.36. The lowest BCUT2D eigenvalue weighted by molar-refractivity contribution is 0.0102. The van der Waals surface area contributed by atoms with E-state index in [2.05, 4.69) is 0 Å². The molecule has 0 radical (unpaired) electrons. The molecule has 1 atom stereocenters. The van der Waals surface area contributed by atoms with Gasteiger partial charge >= 0.3 is 0 Å². The van der Waals surface area contributed by atoms with E-state index in [0.717, 1.165) is 6.42 Å². The van der Waals surface area contributed by atoms with Gasteiger partial charge in [-0.05, 0) is 37.6 Å². The molecule has 1 aromatic rings. The maximum atomic E-state index is 12.5. The summed E-state index contributed by atoms with van der Waals surface area (Å²) in [6.45, 7) is 3.60. The van der Waals surface area contributed by atoms with Gasteiger partial charge in [0.05, 0.1) is 24.2 Å². The maximum Gasteiger partial charge on any atom is 0.243 e. The quantitative estimate of drug-likeness (QED) is 0.591. The number of ether oxygens (including phenoxy) is 2. The molecule has 0 aliphatic carbocycles. The minimum atomic E-state index is -3.46. The summed E-state index contributed by atoms with van der Waals surface area (Å²) in [6, 6.07) is 6.49. The first kappa shape index (κ1) is 16.5. The van der Waals surface area contributed by atoms with Gasteiger partial charge in [0.1, 0.15) is 5.75 Å². The van der Waals surface area contributed by atoms with Crippen LogP contribution in [-0.2, 0) is 14.8 Å². The Bertz CT molecular complexity index is 547. The number of nitrogens with zero attached hydrogens (tertiary/aromatic N) is 1. The third-order valence-electron chi connectivity index (χ3n) is 3.21. The number of rotatable bonds is 6. The summed E-state index contributed by atoms with van der Waals surface area (Å²) in [5.41, 5.74) is 0. The zero-order valence-electron chi connectivity index (χ0n) is 12.0. The predicted octanol–water partition coefficient (Wildman–Crippen LogP) is 2.10. The summed E-state index contributed by atoms with van der Waals surface area (Å²) in [7, 11) is -3.46. The molecule has 0 spiro atoms. The topological polar surface area (TPSA) is 55.8 Å².